The molecule has 1 nitrogen and oxygen atoms in total. The van der Waals surface area contributed by atoms with E-state index in [9.17, 15) is 9.18 Å². The lowest BCUT2D eigenvalue weighted by molar-refractivity contribution is 0.103. The first-order chi connectivity index (χ1) is 8.49. The predicted octanol–water partition coefficient (Wildman–Crippen LogP) is 4.73. The first kappa shape index (κ1) is 13.7. The van der Waals surface area contributed by atoms with Crippen LogP contribution in [0.1, 0.15) is 21.5 Å². The lowest BCUT2D eigenvalue weighted by Gasteiger charge is -2.06. The fourth-order valence-electron chi connectivity index (χ4n) is 1.56. The van der Waals surface area contributed by atoms with Gasteiger partial charge in [0.2, 0.25) is 0 Å². The molecule has 92 valence electrons. The maximum atomic E-state index is 13.5. The van der Waals surface area contributed by atoms with Gasteiger partial charge in [-0.15, -0.1) is 0 Å². The van der Waals surface area contributed by atoms with E-state index in [1.54, 1.807) is 25.1 Å². The SMILES string of the molecule is Cc1ccc(C(=O)c2cc(Br)ccc2I)cc1F. The zero-order chi connectivity index (χ0) is 13.3. The van der Waals surface area contributed by atoms with Crippen molar-refractivity contribution in [2.75, 3.05) is 0 Å². The van der Waals surface area contributed by atoms with Gasteiger partial charge in [0.1, 0.15) is 5.82 Å². The zero-order valence-electron chi connectivity index (χ0n) is 9.51. The molecule has 0 N–H and O–H groups in total. The molecule has 0 fully saturated rings. The first-order valence-corrected chi connectivity index (χ1v) is 7.12. The molecule has 0 radical (unpaired) electrons. The number of halogens is 3. The van der Waals surface area contributed by atoms with Gasteiger partial charge in [-0.05, 0) is 59.3 Å². The van der Waals surface area contributed by atoms with Crippen LogP contribution in [0.5, 0.6) is 0 Å². The highest BCUT2D eigenvalue weighted by Crippen LogP contribution is 2.22. The number of ketones is 1. The molecule has 0 saturated heterocycles. The van der Waals surface area contributed by atoms with Crippen LogP contribution in [0.2, 0.25) is 0 Å². The molecule has 0 aliphatic rings. The summed E-state index contributed by atoms with van der Waals surface area (Å²) in [5.74, 6) is -0.523. The predicted molar refractivity (Wildman–Crippen MR) is 81.4 cm³/mol. The number of hydrogen-bond donors (Lipinski definition) is 0. The quantitative estimate of drug-likeness (QED) is 0.508. The van der Waals surface area contributed by atoms with Crippen LogP contribution >= 0.6 is 38.5 Å². The number of hydrogen-bond acceptors (Lipinski definition) is 1. The third-order valence-corrected chi connectivity index (χ3v) is 4.04. The van der Waals surface area contributed by atoms with Crippen LogP contribution in [0.15, 0.2) is 40.9 Å². The minimum Gasteiger partial charge on any atom is -0.289 e. The van der Waals surface area contributed by atoms with Gasteiger partial charge in [-0.3, -0.25) is 4.79 Å². The molecule has 0 aromatic heterocycles. The zero-order valence-corrected chi connectivity index (χ0v) is 13.2. The van der Waals surface area contributed by atoms with E-state index in [1.165, 1.54) is 6.07 Å². The second-order valence-corrected chi connectivity index (χ2v) is 6.00. The number of benzene rings is 2. The van der Waals surface area contributed by atoms with Crippen LogP contribution in [0, 0.1) is 16.3 Å². The van der Waals surface area contributed by atoms with Crippen LogP contribution < -0.4 is 0 Å². The summed E-state index contributed by atoms with van der Waals surface area (Å²) < 4.78 is 15.2. The molecular weight excluding hydrogens is 410 g/mol. The molecule has 2 rings (SSSR count). The van der Waals surface area contributed by atoms with Crippen molar-refractivity contribution in [3.63, 3.8) is 0 Å². The third-order valence-electron chi connectivity index (χ3n) is 2.61. The monoisotopic (exact) mass is 418 g/mol. The normalized spacial score (nSPS) is 10.4. The van der Waals surface area contributed by atoms with Crippen molar-refractivity contribution in [1.82, 2.24) is 0 Å². The van der Waals surface area contributed by atoms with E-state index in [-0.39, 0.29) is 11.6 Å². The van der Waals surface area contributed by atoms with Crippen LogP contribution in [0.4, 0.5) is 4.39 Å². The van der Waals surface area contributed by atoms with Gasteiger partial charge in [0.05, 0.1) is 0 Å². The minimum absolute atomic E-state index is 0.167. The van der Waals surface area contributed by atoms with E-state index < -0.39 is 0 Å². The van der Waals surface area contributed by atoms with E-state index in [0.29, 0.717) is 16.7 Å². The van der Waals surface area contributed by atoms with Crippen molar-refractivity contribution in [3.05, 3.63) is 66.9 Å². The van der Waals surface area contributed by atoms with E-state index in [0.717, 1.165) is 8.04 Å². The van der Waals surface area contributed by atoms with Crippen molar-refractivity contribution in [3.8, 4) is 0 Å². The van der Waals surface area contributed by atoms with Crippen LogP contribution in [0.3, 0.4) is 0 Å². The van der Waals surface area contributed by atoms with E-state index in [1.807, 2.05) is 12.1 Å². The van der Waals surface area contributed by atoms with Gasteiger partial charge in [-0.25, -0.2) is 4.39 Å². The number of carbonyl (C=O) groups is 1. The summed E-state index contributed by atoms with van der Waals surface area (Å²) in [6.07, 6.45) is 0. The maximum absolute atomic E-state index is 13.5. The largest absolute Gasteiger partial charge is 0.289 e. The van der Waals surface area contributed by atoms with Crippen molar-refractivity contribution in [2.24, 2.45) is 0 Å². The summed E-state index contributed by atoms with van der Waals surface area (Å²) in [6.45, 7) is 1.67. The van der Waals surface area contributed by atoms with E-state index >= 15 is 0 Å². The second kappa shape index (κ2) is 5.48. The van der Waals surface area contributed by atoms with E-state index in [4.69, 9.17) is 0 Å². The Morgan fingerprint density at radius 3 is 2.61 bits per heavy atom. The number of aryl methyl sites for hydroxylation is 1. The topological polar surface area (TPSA) is 17.1 Å². The molecule has 0 aliphatic heterocycles. The molecule has 0 aliphatic carbocycles. The first-order valence-electron chi connectivity index (χ1n) is 5.25. The summed E-state index contributed by atoms with van der Waals surface area (Å²) in [5.41, 5.74) is 1.48. The molecule has 2 aromatic carbocycles. The molecule has 0 saturated carbocycles. The summed E-state index contributed by atoms with van der Waals surface area (Å²) in [5, 5.41) is 0. The Bertz CT molecular complexity index is 625. The summed E-state index contributed by atoms with van der Waals surface area (Å²) >= 11 is 5.43. The molecule has 4 heteroatoms. The number of carbonyl (C=O) groups excluding carboxylic acids is 1. The standard InChI is InChI=1S/C14H9BrFIO/c1-8-2-3-9(6-12(8)16)14(18)11-7-10(15)4-5-13(11)17/h2-7H,1H3. The van der Waals surface area contributed by atoms with Gasteiger partial charge in [0.25, 0.3) is 0 Å². The summed E-state index contributed by atoms with van der Waals surface area (Å²) in [7, 11) is 0. The van der Waals surface area contributed by atoms with Crippen molar-refractivity contribution < 1.29 is 9.18 Å². The Kier molecular flexibility index (Phi) is 4.17. The Morgan fingerprint density at radius 2 is 1.94 bits per heavy atom. The molecule has 0 amide bonds. The van der Waals surface area contributed by atoms with Crippen LogP contribution in [-0.4, -0.2) is 5.78 Å². The van der Waals surface area contributed by atoms with Crippen LogP contribution in [-0.2, 0) is 0 Å². The average molecular weight is 419 g/mol. The van der Waals surface area contributed by atoms with Crippen LogP contribution in [0.25, 0.3) is 0 Å². The highest BCUT2D eigenvalue weighted by molar-refractivity contribution is 14.1. The minimum atomic E-state index is -0.356. The van der Waals surface area contributed by atoms with Crippen molar-refractivity contribution in [1.29, 1.82) is 0 Å². The third kappa shape index (κ3) is 2.80. The Labute approximate surface area is 127 Å². The average Bonchev–Trinajstić information content (AvgIpc) is 2.35. The molecule has 0 atom stereocenters. The fraction of sp³-hybridized carbons (Fsp3) is 0.0714. The summed E-state index contributed by atoms with van der Waals surface area (Å²) in [4.78, 5) is 12.3. The van der Waals surface area contributed by atoms with E-state index in [2.05, 4.69) is 38.5 Å². The number of rotatable bonds is 2. The molecular formula is C14H9BrFIO. The smallest absolute Gasteiger partial charge is 0.194 e. The van der Waals surface area contributed by atoms with Gasteiger partial charge in [-0.1, -0.05) is 28.1 Å². The Morgan fingerprint density at radius 1 is 1.22 bits per heavy atom. The van der Waals surface area contributed by atoms with Gasteiger partial charge in [0, 0.05) is 19.2 Å². The van der Waals surface area contributed by atoms with Gasteiger partial charge in [0.15, 0.2) is 5.78 Å². The van der Waals surface area contributed by atoms with Gasteiger partial charge < -0.3 is 0 Å². The fourth-order valence-corrected chi connectivity index (χ4v) is 2.50. The lowest BCUT2D eigenvalue weighted by Crippen LogP contribution is -2.04. The van der Waals surface area contributed by atoms with Gasteiger partial charge in [-0.2, -0.15) is 0 Å². The van der Waals surface area contributed by atoms with Gasteiger partial charge >= 0.3 is 0 Å². The maximum Gasteiger partial charge on any atom is 0.194 e. The molecule has 0 bridgehead atoms. The van der Waals surface area contributed by atoms with Crippen molar-refractivity contribution >= 4 is 44.3 Å². The Hall–Kier alpha value is -0.750. The molecule has 0 spiro atoms. The van der Waals surface area contributed by atoms with Crippen molar-refractivity contribution in [2.45, 2.75) is 6.92 Å². The highest BCUT2D eigenvalue weighted by atomic mass is 127. The highest BCUT2D eigenvalue weighted by Gasteiger charge is 2.14. The molecule has 2 aromatic rings. The Balaban J connectivity index is 2.47. The molecule has 0 unspecified atom stereocenters. The molecule has 18 heavy (non-hydrogen) atoms. The summed E-state index contributed by atoms with van der Waals surface area (Å²) in [6, 6.07) is 10.0. The molecule has 0 heterocycles. The second-order valence-electron chi connectivity index (χ2n) is 3.92. The lowest BCUT2D eigenvalue weighted by atomic mass is 10.0.